The van der Waals surface area contributed by atoms with Gasteiger partial charge in [-0.1, -0.05) is 91.0 Å². The average Bonchev–Trinajstić information content (AvgIpc) is 3.94. The summed E-state index contributed by atoms with van der Waals surface area (Å²) >= 11 is 0. The van der Waals surface area contributed by atoms with E-state index in [0.717, 1.165) is 49.9 Å². The molecule has 5 heteroatoms. The maximum absolute atomic E-state index is 4.89. The SMILES string of the molecule is c1ccc(-n2c3ccccc3c3cc(-c4ccc5c(c4)c4cc(-n6c7ccccc7c7ccccc76)ccc4n5-c4cc5cccnc5c5ncccc45)ccc32)cc1. The molecule has 5 nitrogen and oxygen atoms in total. The first-order valence-electron chi connectivity index (χ1n) is 20.1. The summed E-state index contributed by atoms with van der Waals surface area (Å²) in [6, 6.07) is 68.3. The van der Waals surface area contributed by atoms with Crippen molar-refractivity contribution in [3.63, 3.8) is 0 Å². The van der Waals surface area contributed by atoms with Gasteiger partial charge in [0.05, 0.1) is 49.8 Å². The van der Waals surface area contributed by atoms with E-state index in [9.17, 15) is 0 Å². The molecule has 0 aliphatic rings. The summed E-state index contributed by atoms with van der Waals surface area (Å²) in [5.74, 6) is 0. The maximum Gasteiger partial charge on any atom is 0.0985 e. The van der Waals surface area contributed by atoms with Crippen LogP contribution in [0, 0.1) is 0 Å². The molecule has 59 heavy (non-hydrogen) atoms. The van der Waals surface area contributed by atoms with Crippen LogP contribution in [-0.4, -0.2) is 23.7 Å². The number of hydrogen-bond acceptors (Lipinski definition) is 2. The Morgan fingerprint density at radius 1 is 0.288 bits per heavy atom. The van der Waals surface area contributed by atoms with Gasteiger partial charge in [-0.15, -0.1) is 0 Å². The van der Waals surface area contributed by atoms with Crippen molar-refractivity contribution in [2.45, 2.75) is 0 Å². The second-order valence-corrected chi connectivity index (χ2v) is 15.4. The monoisotopic (exact) mass is 751 g/mol. The highest BCUT2D eigenvalue weighted by Crippen LogP contribution is 2.42. The van der Waals surface area contributed by atoms with Gasteiger partial charge >= 0.3 is 0 Å². The van der Waals surface area contributed by atoms with Gasteiger partial charge in [0.2, 0.25) is 0 Å². The Bertz CT molecular complexity index is 3800. The molecule has 0 atom stereocenters. The van der Waals surface area contributed by atoms with Crippen LogP contribution in [-0.2, 0) is 0 Å². The van der Waals surface area contributed by atoms with Gasteiger partial charge in [-0.05, 0) is 108 Å². The van der Waals surface area contributed by atoms with Crippen LogP contribution in [0.2, 0.25) is 0 Å². The van der Waals surface area contributed by atoms with Crippen LogP contribution in [0.4, 0.5) is 0 Å². The van der Waals surface area contributed by atoms with Crippen LogP contribution in [0.3, 0.4) is 0 Å². The number of rotatable bonds is 4. The van der Waals surface area contributed by atoms with E-state index in [1.54, 1.807) is 0 Å². The van der Waals surface area contributed by atoms with E-state index in [-0.39, 0.29) is 0 Å². The molecule has 274 valence electrons. The molecular weight excluding hydrogens is 719 g/mol. The molecule has 0 saturated heterocycles. The van der Waals surface area contributed by atoms with Gasteiger partial charge < -0.3 is 13.7 Å². The standard InChI is InChI=1S/C54H33N5/c1-2-13-37(14-3-1)57-48-21-9-6-17-41(48)43-30-34(22-25-49(43)57)35-23-26-50-44(31-35)45-33-38(58-46-19-7-4-15-39(46)40-16-5-8-20-47(40)58)24-27-51(45)59(50)52-32-36-12-10-28-55-53(36)54-42(52)18-11-29-56-54/h1-33H. The van der Waals surface area contributed by atoms with E-state index >= 15 is 0 Å². The summed E-state index contributed by atoms with van der Waals surface area (Å²) in [5.41, 5.74) is 14.6. The third-order valence-electron chi connectivity index (χ3n) is 12.3. The summed E-state index contributed by atoms with van der Waals surface area (Å²) in [6.45, 7) is 0. The minimum absolute atomic E-state index is 0.900. The fraction of sp³-hybridized carbons (Fsp3) is 0. The Morgan fingerprint density at radius 2 is 0.763 bits per heavy atom. The normalized spacial score (nSPS) is 12.1. The highest BCUT2D eigenvalue weighted by atomic mass is 15.0. The van der Waals surface area contributed by atoms with Crippen LogP contribution in [0.15, 0.2) is 200 Å². The van der Waals surface area contributed by atoms with Crippen molar-refractivity contribution in [1.29, 1.82) is 0 Å². The van der Waals surface area contributed by atoms with Crippen molar-refractivity contribution in [2.75, 3.05) is 0 Å². The quantitative estimate of drug-likeness (QED) is 0.168. The summed E-state index contributed by atoms with van der Waals surface area (Å²) in [7, 11) is 0. The molecule has 13 aromatic rings. The molecule has 0 radical (unpaired) electrons. The Balaban J connectivity index is 1.10. The Kier molecular flexibility index (Phi) is 6.66. The van der Waals surface area contributed by atoms with E-state index in [1.807, 2.05) is 24.5 Å². The summed E-state index contributed by atoms with van der Waals surface area (Å²) < 4.78 is 7.21. The zero-order valence-electron chi connectivity index (χ0n) is 31.8. The molecule has 5 aromatic heterocycles. The first-order chi connectivity index (χ1) is 29.3. The van der Waals surface area contributed by atoms with E-state index < -0.39 is 0 Å². The zero-order valence-corrected chi connectivity index (χ0v) is 31.8. The predicted octanol–water partition coefficient (Wildman–Crippen LogP) is 13.7. The van der Waals surface area contributed by atoms with Gasteiger partial charge in [-0.2, -0.15) is 0 Å². The first-order valence-corrected chi connectivity index (χ1v) is 20.1. The molecule has 0 spiro atoms. The van der Waals surface area contributed by atoms with Gasteiger partial charge in [0.15, 0.2) is 0 Å². The van der Waals surface area contributed by atoms with Gasteiger partial charge in [0.1, 0.15) is 0 Å². The molecule has 5 heterocycles. The van der Waals surface area contributed by atoms with Gasteiger partial charge in [0, 0.05) is 66.9 Å². The number of nitrogens with zero attached hydrogens (tertiary/aromatic N) is 5. The van der Waals surface area contributed by atoms with E-state index in [1.165, 1.54) is 65.5 Å². The van der Waals surface area contributed by atoms with E-state index in [2.05, 4.69) is 190 Å². The van der Waals surface area contributed by atoms with Gasteiger partial charge in [-0.3, -0.25) is 9.97 Å². The third-order valence-corrected chi connectivity index (χ3v) is 12.3. The van der Waals surface area contributed by atoms with Crippen LogP contribution < -0.4 is 0 Å². The fourth-order valence-electron chi connectivity index (χ4n) is 9.74. The molecule has 0 aliphatic heterocycles. The molecule has 0 bridgehead atoms. The van der Waals surface area contributed by atoms with Crippen molar-refractivity contribution in [3.8, 4) is 28.2 Å². The average molecular weight is 752 g/mol. The molecule has 8 aromatic carbocycles. The minimum atomic E-state index is 0.900. The van der Waals surface area contributed by atoms with Gasteiger partial charge in [-0.25, -0.2) is 0 Å². The van der Waals surface area contributed by atoms with E-state index in [0.29, 0.717) is 0 Å². The summed E-state index contributed by atoms with van der Waals surface area (Å²) in [5, 5.41) is 9.48. The van der Waals surface area contributed by atoms with Crippen LogP contribution in [0.5, 0.6) is 0 Å². The molecule has 0 saturated carbocycles. The first kappa shape index (κ1) is 32.1. The summed E-state index contributed by atoms with van der Waals surface area (Å²) in [6.07, 6.45) is 3.72. The lowest BCUT2D eigenvalue weighted by molar-refractivity contribution is 1.17. The smallest absolute Gasteiger partial charge is 0.0985 e. The number of aromatic nitrogens is 5. The topological polar surface area (TPSA) is 40.6 Å². The van der Waals surface area contributed by atoms with Crippen LogP contribution in [0.25, 0.3) is 115 Å². The largest absolute Gasteiger partial charge is 0.309 e. The Morgan fingerprint density at radius 3 is 1.44 bits per heavy atom. The Labute approximate surface area is 338 Å². The number of benzene rings is 8. The lowest BCUT2D eigenvalue weighted by Gasteiger charge is -2.14. The zero-order chi connectivity index (χ0) is 38.6. The second-order valence-electron chi connectivity index (χ2n) is 15.4. The van der Waals surface area contributed by atoms with Gasteiger partial charge in [0.25, 0.3) is 0 Å². The molecule has 0 aliphatic carbocycles. The molecule has 0 unspecified atom stereocenters. The lowest BCUT2D eigenvalue weighted by atomic mass is 10.0. The molecule has 0 fully saturated rings. The summed E-state index contributed by atoms with van der Waals surface area (Å²) in [4.78, 5) is 9.66. The van der Waals surface area contributed by atoms with Crippen molar-refractivity contribution < 1.29 is 0 Å². The highest BCUT2D eigenvalue weighted by molar-refractivity contribution is 6.16. The van der Waals surface area contributed by atoms with Crippen molar-refractivity contribution in [3.05, 3.63) is 200 Å². The van der Waals surface area contributed by atoms with Crippen molar-refractivity contribution in [2.24, 2.45) is 0 Å². The lowest BCUT2D eigenvalue weighted by Crippen LogP contribution is -1.98. The number of pyridine rings is 2. The van der Waals surface area contributed by atoms with E-state index in [4.69, 9.17) is 9.97 Å². The second kappa shape index (κ2) is 12.2. The highest BCUT2D eigenvalue weighted by Gasteiger charge is 2.20. The number of hydrogen-bond donors (Lipinski definition) is 0. The molecule has 13 rings (SSSR count). The van der Waals surface area contributed by atoms with Crippen LogP contribution in [0.1, 0.15) is 0 Å². The maximum atomic E-state index is 4.89. The number of para-hydroxylation sites is 4. The molecular formula is C54H33N5. The van der Waals surface area contributed by atoms with Crippen molar-refractivity contribution in [1.82, 2.24) is 23.7 Å². The molecule has 0 amide bonds. The van der Waals surface area contributed by atoms with Crippen molar-refractivity contribution >= 4 is 87.2 Å². The fourth-order valence-corrected chi connectivity index (χ4v) is 9.74. The number of fused-ring (bicyclic) bond motifs is 12. The Hall–Kier alpha value is -8.02. The van der Waals surface area contributed by atoms with Crippen LogP contribution >= 0.6 is 0 Å². The minimum Gasteiger partial charge on any atom is -0.309 e. The third kappa shape index (κ3) is 4.61. The predicted molar refractivity (Wildman–Crippen MR) is 245 cm³/mol. The molecule has 0 N–H and O–H groups in total.